The maximum Gasteiger partial charge on any atom is 0.157 e. The van der Waals surface area contributed by atoms with Gasteiger partial charge in [-0.05, 0) is 38.3 Å². The van der Waals surface area contributed by atoms with Crippen LogP contribution < -0.4 is 5.32 Å². The molecule has 1 unspecified atom stereocenters. The maximum atomic E-state index is 4.48. The van der Waals surface area contributed by atoms with Crippen molar-refractivity contribution in [1.82, 2.24) is 25.3 Å². The van der Waals surface area contributed by atoms with Crippen LogP contribution in [0.2, 0.25) is 0 Å². The molecule has 2 N–H and O–H groups in total. The van der Waals surface area contributed by atoms with E-state index in [1.165, 1.54) is 12.8 Å². The molecule has 2 aromatic rings. The van der Waals surface area contributed by atoms with Gasteiger partial charge in [0.15, 0.2) is 5.82 Å². The van der Waals surface area contributed by atoms with E-state index in [1.807, 2.05) is 6.20 Å². The second-order valence-corrected chi connectivity index (χ2v) is 4.71. The first-order valence-electron chi connectivity index (χ1n) is 6.44. The summed E-state index contributed by atoms with van der Waals surface area (Å²) in [4.78, 5) is 16.3. The Bertz CT molecular complexity index is 488. The van der Waals surface area contributed by atoms with Crippen molar-refractivity contribution in [3.05, 3.63) is 30.5 Å². The van der Waals surface area contributed by atoms with Crippen LogP contribution in [0.25, 0.3) is 11.5 Å². The number of imidazole rings is 1. The van der Waals surface area contributed by atoms with Crippen LogP contribution in [0.1, 0.15) is 18.5 Å². The van der Waals surface area contributed by atoms with Crippen molar-refractivity contribution in [1.29, 1.82) is 0 Å². The van der Waals surface area contributed by atoms with Crippen molar-refractivity contribution < 1.29 is 0 Å². The van der Waals surface area contributed by atoms with Crippen molar-refractivity contribution in [3.63, 3.8) is 0 Å². The molecular formula is C13H17N5. The number of rotatable bonds is 3. The standard InChI is InChI=1S/C13H17N5/c1-2-10(9-14-3-1)8-11-12(16-5-4-15-11)13-17-6-7-18-13/h4-7,10,14H,1-3,8-9H2,(H,17,18). The molecule has 5 heteroatoms. The van der Waals surface area contributed by atoms with Crippen molar-refractivity contribution in [2.75, 3.05) is 13.1 Å². The fraction of sp³-hybridized carbons (Fsp3) is 0.462. The topological polar surface area (TPSA) is 66.5 Å². The number of aromatic amines is 1. The molecule has 0 saturated carbocycles. The van der Waals surface area contributed by atoms with Gasteiger partial charge in [-0.3, -0.25) is 4.98 Å². The van der Waals surface area contributed by atoms with Gasteiger partial charge >= 0.3 is 0 Å². The molecule has 18 heavy (non-hydrogen) atoms. The molecule has 1 fully saturated rings. The second kappa shape index (κ2) is 5.27. The van der Waals surface area contributed by atoms with Gasteiger partial charge in [0, 0.05) is 24.8 Å². The highest BCUT2D eigenvalue weighted by Crippen LogP contribution is 2.21. The average molecular weight is 243 g/mol. The molecule has 0 amide bonds. The lowest BCUT2D eigenvalue weighted by atomic mass is 9.94. The Morgan fingerprint density at radius 3 is 2.89 bits per heavy atom. The van der Waals surface area contributed by atoms with Gasteiger partial charge in [-0.1, -0.05) is 0 Å². The van der Waals surface area contributed by atoms with Gasteiger partial charge in [0.05, 0.1) is 5.69 Å². The van der Waals surface area contributed by atoms with E-state index in [0.717, 1.165) is 36.7 Å². The van der Waals surface area contributed by atoms with Crippen LogP contribution in [0.3, 0.4) is 0 Å². The molecular weight excluding hydrogens is 226 g/mol. The summed E-state index contributed by atoms with van der Waals surface area (Å²) < 4.78 is 0. The Kier molecular flexibility index (Phi) is 3.32. The molecule has 3 rings (SSSR count). The molecule has 5 nitrogen and oxygen atoms in total. The minimum atomic E-state index is 0.657. The van der Waals surface area contributed by atoms with Gasteiger partial charge in [-0.15, -0.1) is 0 Å². The molecule has 1 aliphatic rings. The molecule has 94 valence electrons. The summed E-state index contributed by atoms with van der Waals surface area (Å²) in [5, 5.41) is 3.44. The number of hydrogen-bond acceptors (Lipinski definition) is 4. The summed E-state index contributed by atoms with van der Waals surface area (Å²) in [5.41, 5.74) is 1.93. The molecule has 0 spiro atoms. The largest absolute Gasteiger partial charge is 0.343 e. The summed E-state index contributed by atoms with van der Waals surface area (Å²) >= 11 is 0. The number of nitrogens with one attached hydrogen (secondary N) is 2. The summed E-state index contributed by atoms with van der Waals surface area (Å²) in [7, 11) is 0. The lowest BCUT2D eigenvalue weighted by molar-refractivity contribution is 0.373. The van der Waals surface area contributed by atoms with E-state index in [-0.39, 0.29) is 0 Å². The lowest BCUT2D eigenvalue weighted by Crippen LogP contribution is -2.31. The van der Waals surface area contributed by atoms with Gasteiger partial charge in [-0.25, -0.2) is 9.97 Å². The Balaban J connectivity index is 1.83. The highest BCUT2D eigenvalue weighted by atomic mass is 14.9. The summed E-state index contributed by atoms with van der Waals surface area (Å²) in [6.07, 6.45) is 10.5. The highest BCUT2D eigenvalue weighted by molar-refractivity contribution is 5.51. The first kappa shape index (κ1) is 11.3. The number of nitrogens with zero attached hydrogens (tertiary/aromatic N) is 3. The van der Waals surface area contributed by atoms with Gasteiger partial charge in [0.25, 0.3) is 0 Å². The predicted octanol–water partition coefficient (Wildman–Crippen LogP) is 1.41. The molecule has 1 saturated heterocycles. The summed E-state index contributed by atoms with van der Waals surface area (Å²) in [6.45, 7) is 2.22. The monoisotopic (exact) mass is 243 g/mol. The van der Waals surface area contributed by atoms with E-state index < -0.39 is 0 Å². The zero-order valence-electron chi connectivity index (χ0n) is 10.3. The quantitative estimate of drug-likeness (QED) is 0.855. The fourth-order valence-electron chi connectivity index (χ4n) is 2.48. The van der Waals surface area contributed by atoms with E-state index in [0.29, 0.717) is 5.92 Å². The first-order chi connectivity index (χ1) is 8.93. The molecule has 0 bridgehead atoms. The predicted molar refractivity (Wildman–Crippen MR) is 68.9 cm³/mol. The van der Waals surface area contributed by atoms with E-state index in [4.69, 9.17) is 0 Å². The Morgan fingerprint density at radius 1 is 1.17 bits per heavy atom. The van der Waals surface area contributed by atoms with Gasteiger partial charge in [0.2, 0.25) is 0 Å². The van der Waals surface area contributed by atoms with Crippen LogP contribution in [0.5, 0.6) is 0 Å². The Labute approximate surface area is 106 Å². The molecule has 1 atom stereocenters. The third-order valence-corrected chi connectivity index (χ3v) is 3.38. The second-order valence-electron chi connectivity index (χ2n) is 4.71. The van der Waals surface area contributed by atoms with Crippen LogP contribution in [0.4, 0.5) is 0 Å². The fourth-order valence-corrected chi connectivity index (χ4v) is 2.48. The van der Waals surface area contributed by atoms with E-state index >= 15 is 0 Å². The number of hydrogen-bond donors (Lipinski definition) is 2. The molecule has 0 aliphatic carbocycles. The summed E-state index contributed by atoms with van der Waals surface area (Å²) in [6, 6.07) is 0. The Hall–Kier alpha value is -1.75. The molecule has 0 aromatic carbocycles. The maximum absolute atomic E-state index is 4.48. The van der Waals surface area contributed by atoms with Gasteiger partial charge < -0.3 is 10.3 Å². The van der Waals surface area contributed by atoms with E-state index in [9.17, 15) is 0 Å². The Morgan fingerprint density at radius 2 is 2.11 bits per heavy atom. The minimum Gasteiger partial charge on any atom is -0.343 e. The summed E-state index contributed by atoms with van der Waals surface area (Å²) in [5.74, 6) is 1.46. The van der Waals surface area contributed by atoms with E-state index in [1.54, 1.807) is 18.6 Å². The van der Waals surface area contributed by atoms with Gasteiger partial charge in [0.1, 0.15) is 5.69 Å². The van der Waals surface area contributed by atoms with Crippen LogP contribution in [-0.4, -0.2) is 33.0 Å². The number of piperidine rings is 1. The van der Waals surface area contributed by atoms with Gasteiger partial charge in [-0.2, -0.15) is 0 Å². The zero-order valence-corrected chi connectivity index (χ0v) is 10.3. The van der Waals surface area contributed by atoms with Crippen molar-refractivity contribution in [2.45, 2.75) is 19.3 Å². The molecule has 0 radical (unpaired) electrons. The minimum absolute atomic E-state index is 0.657. The SMILES string of the molecule is c1c[nH]c(-c2nccnc2CC2CCCNC2)n1. The first-order valence-corrected chi connectivity index (χ1v) is 6.44. The van der Waals surface area contributed by atoms with E-state index in [2.05, 4.69) is 25.3 Å². The average Bonchev–Trinajstić information content (AvgIpc) is 2.94. The van der Waals surface area contributed by atoms with Crippen LogP contribution >= 0.6 is 0 Å². The van der Waals surface area contributed by atoms with Crippen molar-refractivity contribution in [2.24, 2.45) is 5.92 Å². The zero-order chi connectivity index (χ0) is 12.2. The lowest BCUT2D eigenvalue weighted by Gasteiger charge is -2.22. The van der Waals surface area contributed by atoms with Crippen LogP contribution in [-0.2, 0) is 6.42 Å². The van der Waals surface area contributed by atoms with Crippen molar-refractivity contribution >= 4 is 0 Å². The number of H-pyrrole nitrogens is 1. The van der Waals surface area contributed by atoms with Crippen LogP contribution in [0, 0.1) is 5.92 Å². The third-order valence-electron chi connectivity index (χ3n) is 3.38. The molecule has 2 aromatic heterocycles. The van der Waals surface area contributed by atoms with Crippen molar-refractivity contribution in [3.8, 4) is 11.5 Å². The molecule has 3 heterocycles. The van der Waals surface area contributed by atoms with Crippen LogP contribution in [0.15, 0.2) is 24.8 Å². The third kappa shape index (κ3) is 2.41. The smallest absolute Gasteiger partial charge is 0.157 e. The molecule has 1 aliphatic heterocycles. The normalized spacial score (nSPS) is 19.9. The highest BCUT2D eigenvalue weighted by Gasteiger charge is 2.17. The number of aromatic nitrogens is 4.